The largest absolute Gasteiger partial charge is 0.462 e. The molecule has 0 aromatic heterocycles. The second-order valence-corrected chi connectivity index (χ2v) is 15.0. The molecular weight excluding hydrogens is 781 g/mol. The van der Waals surface area contributed by atoms with Crippen LogP contribution in [0.15, 0.2) is 158 Å². The van der Waals surface area contributed by atoms with Crippen LogP contribution in [0.2, 0.25) is 0 Å². The van der Waals surface area contributed by atoms with E-state index in [1.54, 1.807) is 0 Å². The molecule has 0 rings (SSSR count). The van der Waals surface area contributed by atoms with E-state index in [1.807, 2.05) is 72.9 Å². The van der Waals surface area contributed by atoms with Gasteiger partial charge >= 0.3 is 17.9 Å². The van der Waals surface area contributed by atoms with Crippen LogP contribution >= 0.6 is 0 Å². The third kappa shape index (κ3) is 47.9. The van der Waals surface area contributed by atoms with Crippen molar-refractivity contribution in [2.45, 2.75) is 168 Å². The van der Waals surface area contributed by atoms with Gasteiger partial charge in [-0.1, -0.05) is 211 Å². The van der Waals surface area contributed by atoms with Crippen LogP contribution in [-0.2, 0) is 28.6 Å². The van der Waals surface area contributed by atoms with Crippen molar-refractivity contribution in [1.82, 2.24) is 0 Å². The van der Waals surface area contributed by atoms with Gasteiger partial charge in [0, 0.05) is 19.3 Å². The lowest BCUT2D eigenvalue weighted by molar-refractivity contribution is -0.166. The van der Waals surface area contributed by atoms with Crippen molar-refractivity contribution in [2.24, 2.45) is 0 Å². The number of rotatable bonds is 40. The number of hydrogen-bond donors (Lipinski definition) is 0. The minimum absolute atomic E-state index is 0.168. The lowest BCUT2D eigenvalue weighted by atomic mass is 10.1. The van der Waals surface area contributed by atoms with Crippen LogP contribution in [0.25, 0.3) is 0 Å². The van der Waals surface area contributed by atoms with Crippen LogP contribution in [-0.4, -0.2) is 37.2 Å². The molecule has 0 N–H and O–H groups in total. The maximum Gasteiger partial charge on any atom is 0.306 e. The van der Waals surface area contributed by atoms with E-state index in [4.69, 9.17) is 14.2 Å². The van der Waals surface area contributed by atoms with Gasteiger partial charge in [0.15, 0.2) is 6.10 Å². The quantitative estimate of drug-likeness (QED) is 0.0201. The van der Waals surface area contributed by atoms with Crippen LogP contribution < -0.4 is 0 Å². The smallest absolute Gasteiger partial charge is 0.306 e. The third-order valence-electron chi connectivity index (χ3n) is 9.15. The molecule has 0 aromatic carbocycles. The Labute approximate surface area is 384 Å². The molecule has 63 heavy (non-hydrogen) atoms. The van der Waals surface area contributed by atoms with Crippen molar-refractivity contribution >= 4 is 17.9 Å². The molecular formula is C57H84O6. The molecule has 0 aromatic rings. The Morgan fingerprint density at radius 2 is 0.730 bits per heavy atom. The fraction of sp³-hybridized carbons (Fsp3) is 0.491. The van der Waals surface area contributed by atoms with Crippen molar-refractivity contribution in [1.29, 1.82) is 0 Å². The molecule has 1 atom stereocenters. The van der Waals surface area contributed by atoms with E-state index < -0.39 is 18.0 Å². The maximum atomic E-state index is 12.7. The molecule has 0 aliphatic rings. The molecule has 0 aliphatic carbocycles. The average molecular weight is 865 g/mol. The number of carbonyl (C=O) groups is 3. The van der Waals surface area contributed by atoms with E-state index in [0.29, 0.717) is 25.7 Å². The summed E-state index contributed by atoms with van der Waals surface area (Å²) in [6, 6.07) is 0. The first-order valence-electron chi connectivity index (χ1n) is 24.1. The maximum absolute atomic E-state index is 12.7. The summed E-state index contributed by atoms with van der Waals surface area (Å²) < 4.78 is 16.5. The lowest BCUT2D eigenvalue weighted by Crippen LogP contribution is -2.30. The fourth-order valence-electron chi connectivity index (χ4n) is 5.61. The van der Waals surface area contributed by atoms with Crippen molar-refractivity contribution in [2.75, 3.05) is 13.2 Å². The second kappa shape index (κ2) is 49.7. The SMILES string of the molecule is CC/C=C/C=C/C=C/C=C/C=C/CCCC(=O)OC(COC(=O)CC/C=C/C/C=C/C/C=C/C/C=C/C/C=C/C/C=C/CC)COC(=O)CC/C=C/C/C=C/CCCCCCCC. The number of carbonyl (C=O) groups excluding carboxylic acids is 3. The Hall–Kier alpha value is -4.97. The number of unbranched alkanes of at least 4 members (excludes halogenated alkanes) is 7. The second-order valence-electron chi connectivity index (χ2n) is 15.0. The summed E-state index contributed by atoms with van der Waals surface area (Å²) >= 11 is 0. The zero-order chi connectivity index (χ0) is 45.8. The van der Waals surface area contributed by atoms with E-state index in [1.165, 1.54) is 38.5 Å². The van der Waals surface area contributed by atoms with E-state index in [9.17, 15) is 14.4 Å². The Bertz CT molecular complexity index is 1510. The molecule has 0 aliphatic heterocycles. The van der Waals surface area contributed by atoms with Gasteiger partial charge in [-0.2, -0.15) is 0 Å². The fourth-order valence-corrected chi connectivity index (χ4v) is 5.61. The Kier molecular flexibility index (Phi) is 45.8. The zero-order valence-electron chi connectivity index (χ0n) is 39.5. The number of esters is 3. The predicted octanol–water partition coefficient (Wildman–Crippen LogP) is 15.9. The third-order valence-corrected chi connectivity index (χ3v) is 9.15. The van der Waals surface area contributed by atoms with Crippen LogP contribution in [0.3, 0.4) is 0 Å². The summed E-state index contributed by atoms with van der Waals surface area (Å²) in [6.07, 6.45) is 72.6. The highest BCUT2D eigenvalue weighted by Gasteiger charge is 2.19. The van der Waals surface area contributed by atoms with Crippen LogP contribution in [0.1, 0.15) is 162 Å². The van der Waals surface area contributed by atoms with E-state index >= 15 is 0 Å². The highest BCUT2D eigenvalue weighted by Crippen LogP contribution is 2.09. The van der Waals surface area contributed by atoms with Crippen LogP contribution in [0.4, 0.5) is 0 Å². The summed E-state index contributed by atoms with van der Waals surface area (Å²) in [5.74, 6) is -1.21. The molecule has 0 radical (unpaired) electrons. The van der Waals surface area contributed by atoms with Crippen LogP contribution in [0, 0.1) is 0 Å². The molecule has 0 bridgehead atoms. The Balaban J connectivity index is 4.69. The van der Waals surface area contributed by atoms with Gasteiger partial charge in [0.2, 0.25) is 0 Å². The van der Waals surface area contributed by atoms with Crippen molar-refractivity contribution < 1.29 is 28.6 Å². The van der Waals surface area contributed by atoms with Crippen molar-refractivity contribution in [3.05, 3.63) is 158 Å². The topological polar surface area (TPSA) is 78.9 Å². The highest BCUT2D eigenvalue weighted by atomic mass is 16.6. The Morgan fingerprint density at radius 3 is 1.21 bits per heavy atom. The number of hydrogen-bond acceptors (Lipinski definition) is 6. The van der Waals surface area contributed by atoms with Gasteiger partial charge < -0.3 is 14.2 Å². The van der Waals surface area contributed by atoms with E-state index in [0.717, 1.165) is 57.8 Å². The monoisotopic (exact) mass is 865 g/mol. The molecule has 0 saturated carbocycles. The molecule has 0 fully saturated rings. The first-order valence-corrected chi connectivity index (χ1v) is 24.1. The van der Waals surface area contributed by atoms with Gasteiger partial charge in [-0.05, 0) is 89.9 Å². The normalized spacial score (nSPS) is 13.5. The molecule has 0 spiro atoms. The molecule has 0 heterocycles. The van der Waals surface area contributed by atoms with Gasteiger partial charge in [0.05, 0.1) is 0 Å². The standard InChI is InChI=1S/C57H84O6/c1-4-7-10-13-16-19-22-25-26-27-28-29-30-33-35-38-41-44-47-50-56(59)62-53-54(63-57(60)51-48-45-42-39-36-32-24-21-18-15-12-9-6-3)52-61-55(58)49-46-43-40-37-34-31-23-20-17-14-11-8-5-2/h7,9-10,12,15-16,18-19,21,24-26,28-29,31-36,39-44,54H,4-6,8,11,13-14,17,20,22-23,27,30,37-38,45-53H2,1-3H3/b10-7+,12-9+,18-15+,19-16+,24-21+,26-25+,29-28+,34-31+,35-33+,36-32+,42-39+,43-40+,44-41+. The Morgan fingerprint density at radius 1 is 0.349 bits per heavy atom. The average Bonchev–Trinajstić information content (AvgIpc) is 3.28. The predicted molar refractivity (Wildman–Crippen MR) is 269 cm³/mol. The number of allylic oxidation sites excluding steroid dienone is 26. The molecule has 6 nitrogen and oxygen atoms in total. The minimum atomic E-state index is -0.875. The highest BCUT2D eigenvalue weighted by molar-refractivity contribution is 5.71. The van der Waals surface area contributed by atoms with Crippen LogP contribution in [0.5, 0.6) is 0 Å². The van der Waals surface area contributed by atoms with Gasteiger partial charge in [-0.25, -0.2) is 0 Å². The summed E-state index contributed by atoms with van der Waals surface area (Å²) in [6.45, 7) is 6.14. The number of ether oxygens (including phenoxy) is 3. The molecule has 348 valence electrons. The minimum Gasteiger partial charge on any atom is -0.462 e. The van der Waals surface area contributed by atoms with E-state index in [-0.39, 0.29) is 38.4 Å². The molecule has 6 heteroatoms. The van der Waals surface area contributed by atoms with Crippen molar-refractivity contribution in [3.63, 3.8) is 0 Å². The molecule has 0 saturated heterocycles. The summed E-state index contributed by atoms with van der Waals surface area (Å²) in [5.41, 5.74) is 0. The first-order chi connectivity index (χ1) is 31.0. The zero-order valence-corrected chi connectivity index (χ0v) is 39.5. The molecule has 0 amide bonds. The van der Waals surface area contributed by atoms with Gasteiger partial charge in [0.1, 0.15) is 13.2 Å². The summed E-state index contributed by atoms with van der Waals surface area (Å²) in [4.78, 5) is 37.8. The van der Waals surface area contributed by atoms with Gasteiger partial charge in [0.25, 0.3) is 0 Å². The van der Waals surface area contributed by atoms with Gasteiger partial charge in [-0.3, -0.25) is 14.4 Å². The lowest BCUT2D eigenvalue weighted by Gasteiger charge is -2.18. The summed E-state index contributed by atoms with van der Waals surface area (Å²) in [7, 11) is 0. The van der Waals surface area contributed by atoms with Gasteiger partial charge in [-0.15, -0.1) is 0 Å². The van der Waals surface area contributed by atoms with E-state index in [2.05, 4.69) is 106 Å². The van der Waals surface area contributed by atoms with Crippen molar-refractivity contribution in [3.8, 4) is 0 Å². The first kappa shape index (κ1) is 58.0. The summed E-state index contributed by atoms with van der Waals surface area (Å²) in [5, 5.41) is 0. The molecule has 1 unspecified atom stereocenters.